The lowest BCUT2D eigenvalue weighted by Crippen LogP contribution is -2.42. The van der Waals surface area contributed by atoms with Crippen LogP contribution in [0.25, 0.3) is 0 Å². The van der Waals surface area contributed by atoms with Crippen molar-refractivity contribution in [2.24, 2.45) is 0 Å². The van der Waals surface area contributed by atoms with Gasteiger partial charge < -0.3 is 14.5 Å². The third-order valence-electron chi connectivity index (χ3n) is 2.62. The van der Waals surface area contributed by atoms with E-state index in [1.807, 2.05) is 0 Å². The minimum absolute atomic E-state index is 0.00688. The highest BCUT2D eigenvalue weighted by Gasteiger charge is 2.20. The summed E-state index contributed by atoms with van der Waals surface area (Å²) in [4.78, 5) is 31.0. The van der Waals surface area contributed by atoms with Gasteiger partial charge in [-0.15, -0.1) is 0 Å². The zero-order valence-electron chi connectivity index (χ0n) is 11.8. The van der Waals surface area contributed by atoms with Crippen LogP contribution in [0.4, 0.5) is 0 Å². The summed E-state index contributed by atoms with van der Waals surface area (Å²) in [7, 11) is 4.85. The van der Waals surface area contributed by atoms with Crippen LogP contribution in [0.1, 0.15) is 10.5 Å². The first-order valence-corrected chi connectivity index (χ1v) is 6.85. The Balaban J connectivity index is 2.83. The van der Waals surface area contributed by atoms with Gasteiger partial charge in [0.15, 0.2) is 0 Å². The monoisotopic (exact) mass is 343 g/mol. The number of nitrogens with zero attached hydrogens (tertiary/aromatic N) is 3. The van der Waals surface area contributed by atoms with Gasteiger partial charge in [0, 0.05) is 38.4 Å². The third-order valence-corrected chi connectivity index (χ3v) is 3.09. The van der Waals surface area contributed by atoms with E-state index in [0.717, 1.165) is 4.47 Å². The van der Waals surface area contributed by atoms with Gasteiger partial charge in [-0.25, -0.2) is 4.98 Å². The molecule has 6 nitrogen and oxygen atoms in total. The van der Waals surface area contributed by atoms with Crippen molar-refractivity contribution in [1.29, 1.82) is 0 Å². The summed E-state index contributed by atoms with van der Waals surface area (Å²) in [5.74, 6) is -0.434. The van der Waals surface area contributed by atoms with Crippen molar-refractivity contribution < 1.29 is 14.3 Å². The van der Waals surface area contributed by atoms with Gasteiger partial charge >= 0.3 is 0 Å². The molecule has 1 rings (SSSR count). The number of likely N-dealkylation sites (N-methyl/N-ethyl adjacent to an activating group) is 1. The molecule has 0 unspecified atom stereocenters. The zero-order chi connectivity index (χ0) is 15.1. The van der Waals surface area contributed by atoms with Crippen LogP contribution >= 0.6 is 15.9 Å². The summed E-state index contributed by atoms with van der Waals surface area (Å²) in [6.07, 6.45) is 1.55. The normalized spacial score (nSPS) is 10.2. The Morgan fingerprint density at radius 2 is 2.05 bits per heavy atom. The number of ether oxygens (including phenoxy) is 1. The molecule has 0 aliphatic carbocycles. The number of amides is 2. The molecule has 1 heterocycles. The smallest absolute Gasteiger partial charge is 0.272 e. The minimum atomic E-state index is -0.287. The van der Waals surface area contributed by atoms with Crippen molar-refractivity contribution in [1.82, 2.24) is 14.8 Å². The molecule has 0 atom stereocenters. The first kappa shape index (κ1) is 16.6. The molecule has 20 heavy (non-hydrogen) atoms. The summed E-state index contributed by atoms with van der Waals surface area (Å²) in [5.41, 5.74) is 0.302. The molecule has 0 aliphatic heterocycles. The average Bonchev–Trinajstić information content (AvgIpc) is 2.43. The van der Waals surface area contributed by atoms with Crippen LogP contribution in [-0.4, -0.2) is 67.5 Å². The van der Waals surface area contributed by atoms with Crippen LogP contribution in [0.5, 0.6) is 0 Å². The van der Waals surface area contributed by atoms with E-state index in [0.29, 0.717) is 18.8 Å². The molecule has 0 N–H and O–H groups in total. The first-order chi connectivity index (χ1) is 9.45. The predicted octanol–water partition coefficient (Wildman–Crippen LogP) is 1.02. The van der Waals surface area contributed by atoms with Crippen LogP contribution in [0, 0.1) is 0 Å². The van der Waals surface area contributed by atoms with E-state index in [2.05, 4.69) is 20.9 Å². The number of methoxy groups -OCH3 is 1. The number of hydrogen-bond donors (Lipinski definition) is 0. The molecule has 0 saturated carbocycles. The quantitative estimate of drug-likeness (QED) is 0.773. The van der Waals surface area contributed by atoms with E-state index in [4.69, 9.17) is 4.74 Å². The molecule has 0 aromatic carbocycles. The van der Waals surface area contributed by atoms with Gasteiger partial charge in [0.1, 0.15) is 12.2 Å². The van der Waals surface area contributed by atoms with Crippen molar-refractivity contribution in [2.45, 2.75) is 0 Å². The second kappa shape index (κ2) is 7.96. The zero-order valence-corrected chi connectivity index (χ0v) is 13.4. The summed E-state index contributed by atoms with van der Waals surface area (Å²) in [6.45, 7) is 0.711. The highest BCUT2D eigenvalue weighted by atomic mass is 79.9. The molecule has 0 bridgehead atoms. The fourth-order valence-electron chi connectivity index (χ4n) is 1.42. The standard InChI is InChI=1S/C13H18BrN3O3/c1-16(2)12(18)9-17(6-7-20-3)13(19)11-5-4-10(14)8-15-11/h4-5,8H,6-7,9H2,1-3H3. The molecule has 0 saturated heterocycles. The van der Waals surface area contributed by atoms with Crippen LogP contribution < -0.4 is 0 Å². The highest BCUT2D eigenvalue weighted by molar-refractivity contribution is 9.10. The molecular formula is C13H18BrN3O3. The lowest BCUT2D eigenvalue weighted by atomic mass is 10.3. The van der Waals surface area contributed by atoms with Crippen molar-refractivity contribution in [3.8, 4) is 0 Å². The van der Waals surface area contributed by atoms with E-state index in [9.17, 15) is 9.59 Å². The average molecular weight is 344 g/mol. The van der Waals surface area contributed by atoms with Gasteiger partial charge in [0.25, 0.3) is 5.91 Å². The highest BCUT2D eigenvalue weighted by Crippen LogP contribution is 2.09. The van der Waals surface area contributed by atoms with Crippen molar-refractivity contribution >= 4 is 27.7 Å². The van der Waals surface area contributed by atoms with E-state index < -0.39 is 0 Å². The topological polar surface area (TPSA) is 62.7 Å². The van der Waals surface area contributed by atoms with Gasteiger partial charge in [-0.1, -0.05) is 0 Å². The molecule has 0 spiro atoms. The summed E-state index contributed by atoms with van der Waals surface area (Å²) in [5, 5.41) is 0. The molecule has 2 amide bonds. The lowest BCUT2D eigenvalue weighted by Gasteiger charge is -2.23. The number of aromatic nitrogens is 1. The molecule has 0 radical (unpaired) electrons. The maximum absolute atomic E-state index is 12.3. The largest absolute Gasteiger partial charge is 0.383 e. The summed E-state index contributed by atoms with van der Waals surface area (Å²) in [6, 6.07) is 3.36. The van der Waals surface area contributed by atoms with Gasteiger partial charge in [-0.05, 0) is 28.1 Å². The van der Waals surface area contributed by atoms with Gasteiger partial charge in [0.05, 0.1) is 6.61 Å². The summed E-state index contributed by atoms with van der Waals surface area (Å²) >= 11 is 3.26. The van der Waals surface area contributed by atoms with E-state index in [1.165, 1.54) is 9.80 Å². The van der Waals surface area contributed by atoms with E-state index >= 15 is 0 Å². The molecule has 0 aliphatic rings. The second-order valence-corrected chi connectivity index (χ2v) is 5.29. The summed E-state index contributed by atoms with van der Waals surface area (Å²) < 4.78 is 5.77. The Hall–Kier alpha value is -1.47. The molecule has 1 aromatic heterocycles. The molecule has 110 valence electrons. The van der Waals surface area contributed by atoms with Crippen LogP contribution in [0.2, 0.25) is 0 Å². The Morgan fingerprint density at radius 1 is 1.35 bits per heavy atom. The van der Waals surface area contributed by atoms with E-state index in [1.54, 1.807) is 39.5 Å². The molecule has 7 heteroatoms. The van der Waals surface area contributed by atoms with Crippen LogP contribution in [0.15, 0.2) is 22.8 Å². The van der Waals surface area contributed by atoms with Crippen LogP contribution in [0.3, 0.4) is 0 Å². The molecule has 1 aromatic rings. The van der Waals surface area contributed by atoms with Crippen molar-refractivity contribution in [3.05, 3.63) is 28.5 Å². The number of pyridine rings is 1. The SMILES string of the molecule is COCCN(CC(=O)N(C)C)C(=O)c1ccc(Br)cn1. The molecule has 0 fully saturated rings. The number of rotatable bonds is 6. The van der Waals surface area contributed by atoms with Gasteiger partial charge in [0.2, 0.25) is 5.91 Å². The Labute approximate surface area is 126 Å². The second-order valence-electron chi connectivity index (χ2n) is 4.37. The molecular weight excluding hydrogens is 326 g/mol. The Kier molecular flexibility index (Phi) is 6.60. The minimum Gasteiger partial charge on any atom is -0.383 e. The Morgan fingerprint density at radius 3 is 2.55 bits per heavy atom. The fourth-order valence-corrected chi connectivity index (χ4v) is 1.66. The number of halogens is 1. The van der Waals surface area contributed by atoms with Crippen LogP contribution in [-0.2, 0) is 9.53 Å². The maximum atomic E-state index is 12.3. The number of carbonyl (C=O) groups is 2. The predicted molar refractivity (Wildman–Crippen MR) is 78.4 cm³/mol. The van der Waals surface area contributed by atoms with Crippen molar-refractivity contribution in [3.63, 3.8) is 0 Å². The fraction of sp³-hybridized carbons (Fsp3) is 0.462. The van der Waals surface area contributed by atoms with Gasteiger partial charge in [-0.2, -0.15) is 0 Å². The number of carbonyl (C=O) groups excluding carboxylic acids is 2. The maximum Gasteiger partial charge on any atom is 0.272 e. The lowest BCUT2D eigenvalue weighted by molar-refractivity contribution is -0.129. The third kappa shape index (κ3) is 4.90. The Bertz CT molecular complexity index is 462. The first-order valence-electron chi connectivity index (χ1n) is 6.05. The van der Waals surface area contributed by atoms with Gasteiger partial charge in [-0.3, -0.25) is 9.59 Å². The van der Waals surface area contributed by atoms with E-state index in [-0.39, 0.29) is 18.4 Å². The van der Waals surface area contributed by atoms with Crippen molar-refractivity contribution in [2.75, 3.05) is 40.9 Å². The number of hydrogen-bond acceptors (Lipinski definition) is 4.